The van der Waals surface area contributed by atoms with Gasteiger partial charge in [-0.05, 0) is 31.0 Å². The molecular formula is C16H23Cl2O6P. The number of hydrogen-bond donors (Lipinski definition) is 0. The number of ether oxygens (including phenoxy) is 2. The minimum absolute atomic E-state index is 0.110. The highest BCUT2D eigenvalue weighted by molar-refractivity contribution is 7.54. The third-order valence-corrected chi connectivity index (χ3v) is 5.96. The Morgan fingerprint density at radius 2 is 1.92 bits per heavy atom. The topological polar surface area (TPSA) is 71.1 Å². The molecule has 0 fully saturated rings. The molecule has 0 aliphatic carbocycles. The van der Waals surface area contributed by atoms with E-state index in [1.807, 2.05) is 6.92 Å². The van der Waals surface area contributed by atoms with Crippen molar-refractivity contribution in [3.05, 3.63) is 28.2 Å². The molecule has 0 N–H and O–H groups in total. The fraction of sp³-hybridized carbons (Fsp3) is 0.562. The van der Waals surface area contributed by atoms with Gasteiger partial charge >= 0.3 is 13.6 Å². The van der Waals surface area contributed by atoms with E-state index in [9.17, 15) is 9.36 Å². The molecule has 1 unspecified atom stereocenters. The van der Waals surface area contributed by atoms with Crippen molar-refractivity contribution in [2.45, 2.75) is 38.5 Å². The van der Waals surface area contributed by atoms with Gasteiger partial charge in [0.25, 0.3) is 0 Å². The number of benzene rings is 1. The smallest absolute Gasteiger partial charge is 0.370 e. The lowest BCUT2D eigenvalue weighted by Crippen LogP contribution is -2.20. The molecule has 1 rings (SSSR count). The third-order valence-electron chi connectivity index (χ3n) is 3.34. The Bertz CT molecular complexity index is 602. The van der Waals surface area contributed by atoms with E-state index in [-0.39, 0.29) is 13.0 Å². The van der Waals surface area contributed by atoms with Crippen LogP contribution in [0.25, 0.3) is 0 Å². The van der Waals surface area contributed by atoms with Gasteiger partial charge in [-0.1, -0.05) is 36.5 Å². The summed E-state index contributed by atoms with van der Waals surface area (Å²) in [4.78, 5) is 12.0. The molecule has 25 heavy (non-hydrogen) atoms. The largest absolute Gasteiger partial charge is 0.492 e. The minimum Gasteiger partial charge on any atom is -0.492 e. The van der Waals surface area contributed by atoms with Gasteiger partial charge in [0.2, 0.25) is 5.85 Å². The molecule has 0 radical (unpaired) electrons. The molecule has 0 aliphatic rings. The minimum atomic E-state index is -3.46. The molecule has 6 nitrogen and oxygen atoms in total. The third kappa shape index (κ3) is 7.16. The monoisotopic (exact) mass is 412 g/mol. The summed E-state index contributed by atoms with van der Waals surface area (Å²) in [6.07, 6.45) is 1.59. The summed E-state index contributed by atoms with van der Waals surface area (Å²) in [5, 5.41) is 0.919. The zero-order chi connectivity index (χ0) is 18.9. The Balaban J connectivity index is 2.46. The first kappa shape index (κ1) is 22.3. The maximum atomic E-state index is 12.4. The van der Waals surface area contributed by atoms with E-state index in [1.54, 1.807) is 18.2 Å². The lowest BCUT2D eigenvalue weighted by molar-refractivity contribution is -0.146. The van der Waals surface area contributed by atoms with Crippen molar-refractivity contribution < 1.29 is 27.9 Å². The Labute approximate surface area is 158 Å². The molecule has 0 heterocycles. The summed E-state index contributed by atoms with van der Waals surface area (Å²) in [5.41, 5.74) is 0. The molecule has 0 spiro atoms. The highest BCUT2D eigenvalue weighted by atomic mass is 35.5. The molecule has 1 atom stereocenters. The van der Waals surface area contributed by atoms with Crippen LogP contribution >= 0.6 is 30.8 Å². The van der Waals surface area contributed by atoms with Gasteiger partial charge in [0, 0.05) is 25.7 Å². The number of halogens is 2. The lowest BCUT2D eigenvalue weighted by Gasteiger charge is -2.23. The molecular weight excluding hydrogens is 390 g/mol. The van der Waals surface area contributed by atoms with Crippen molar-refractivity contribution in [3.8, 4) is 5.75 Å². The van der Waals surface area contributed by atoms with Crippen molar-refractivity contribution >= 4 is 36.8 Å². The zero-order valence-electron chi connectivity index (χ0n) is 14.5. The highest BCUT2D eigenvalue weighted by Gasteiger charge is 2.36. The summed E-state index contributed by atoms with van der Waals surface area (Å²) < 4.78 is 33.0. The van der Waals surface area contributed by atoms with E-state index >= 15 is 0 Å². The quantitative estimate of drug-likeness (QED) is 0.278. The average molecular weight is 413 g/mol. The first-order valence-corrected chi connectivity index (χ1v) is 10.2. The average Bonchev–Trinajstić information content (AvgIpc) is 2.59. The van der Waals surface area contributed by atoms with Crippen molar-refractivity contribution in [2.75, 3.05) is 20.8 Å². The van der Waals surface area contributed by atoms with Crippen molar-refractivity contribution in [3.63, 3.8) is 0 Å². The van der Waals surface area contributed by atoms with Gasteiger partial charge < -0.3 is 18.5 Å². The highest BCUT2D eigenvalue weighted by Crippen LogP contribution is 2.53. The first-order chi connectivity index (χ1) is 11.9. The molecule has 0 amide bonds. The van der Waals surface area contributed by atoms with Gasteiger partial charge in [-0.25, -0.2) is 0 Å². The summed E-state index contributed by atoms with van der Waals surface area (Å²) in [6.45, 7) is 2.17. The van der Waals surface area contributed by atoms with Crippen LogP contribution in [0, 0.1) is 0 Å². The Morgan fingerprint density at radius 3 is 2.48 bits per heavy atom. The van der Waals surface area contributed by atoms with Gasteiger partial charge in [0.15, 0.2) is 0 Å². The van der Waals surface area contributed by atoms with Crippen LogP contribution in [-0.2, 0) is 23.1 Å². The standard InChI is InChI=1S/C16H23Cl2O6P/c1-4-6-16(25(20,21-2)22-3)24-15(19)7-5-10-23-14-9-8-12(17)11-13(14)18/h8-9,11,16H,4-7,10H2,1-3H3. The second-order valence-corrected chi connectivity index (χ2v) is 8.39. The van der Waals surface area contributed by atoms with Gasteiger partial charge in [-0.15, -0.1) is 0 Å². The molecule has 0 saturated heterocycles. The zero-order valence-corrected chi connectivity index (χ0v) is 16.9. The lowest BCUT2D eigenvalue weighted by atomic mass is 10.3. The van der Waals surface area contributed by atoms with Crippen LogP contribution in [0.1, 0.15) is 32.6 Å². The maximum absolute atomic E-state index is 12.4. The Kier molecular flexibility index (Phi) is 9.83. The Hall–Kier alpha value is -0.780. The molecule has 0 saturated carbocycles. The van der Waals surface area contributed by atoms with Crippen molar-refractivity contribution in [1.82, 2.24) is 0 Å². The van der Waals surface area contributed by atoms with Crippen LogP contribution in [0.4, 0.5) is 0 Å². The molecule has 9 heteroatoms. The summed E-state index contributed by atoms with van der Waals surface area (Å²) in [6, 6.07) is 4.90. The fourth-order valence-corrected chi connectivity index (χ4v) is 3.94. The van der Waals surface area contributed by atoms with Crippen molar-refractivity contribution in [1.29, 1.82) is 0 Å². The summed E-state index contributed by atoms with van der Waals surface area (Å²) in [7, 11) is -0.927. The van der Waals surface area contributed by atoms with Gasteiger partial charge in [0.1, 0.15) is 5.75 Å². The fourth-order valence-electron chi connectivity index (χ4n) is 2.04. The van der Waals surface area contributed by atoms with E-state index in [1.165, 1.54) is 14.2 Å². The van der Waals surface area contributed by atoms with E-state index < -0.39 is 19.4 Å². The van der Waals surface area contributed by atoms with E-state index in [0.717, 1.165) is 0 Å². The second kappa shape index (κ2) is 11.0. The number of carbonyl (C=O) groups excluding carboxylic acids is 1. The van der Waals surface area contributed by atoms with Crippen LogP contribution in [-0.4, -0.2) is 32.6 Å². The van der Waals surface area contributed by atoms with Gasteiger partial charge in [-0.2, -0.15) is 0 Å². The first-order valence-electron chi connectivity index (χ1n) is 7.84. The predicted octanol–water partition coefficient (Wildman–Crippen LogP) is 5.31. The number of carbonyl (C=O) groups is 1. The summed E-state index contributed by atoms with van der Waals surface area (Å²) in [5.74, 6) is -0.906. The molecule has 0 aliphatic heterocycles. The van der Waals surface area contributed by atoms with Crippen LogP contribution in [0.2, 0.25) is 10.0 Å². The Morgan fingerprint density at radius 1 is 1.24 bits per heavy atom. The molecule has 0 aromatic heterocycles. The van der Waals surface area contributed by atoms with E-state index in [0.29, 0.717) is 35.1 Å². The SMILES string of the molecule is CCCC(OC(=O)CCCOc1ccc(Cl)cc1Cl)P(=O)(OC)OC. The van der Waals surface area contributed by atoms with E-state index in [2.05, 4.69) is 0 Å². The maximum Gasteiger partial charge on any atom is 0.370 e. The van der Waals surface area contributed by atoms with Crippen LogP contribution in [0.15, 0.2) is 18.2 Å². The normalized spacial score (nSPS) is 12.7. The van der Waals surface area contributed by atoms with Gasteiger partial charge in [0.05, 0.1) is 11.6 Å². The number of rotatable bonds is 11. The number of hydrogen-bond acceptors (Lipinski definition) is 6. The number of esters is 1. The predicted molar refractivity (Wildman–Crippen MR) is 97.6 cm³/mol. The summed E-state index contributed by atoms with van der Waals surface area (Å²) >= 11 is 11.8. The molecule has 142 valence electrons. The van der Waals surface area contributed by atoms with Crippen LogP contribution in [0.5, 0.6) is 5.75 Å². The van der Waals surface area contributed by atoms with Crippen LogP contribution in [0.3, 0.4) is 0 Å². The van der Waals surface area contributed by atoms with E-state index in [4.69, 9.17) is 41.7 Å². The van der Waals surface area contributed by atoms with Crippen molar-refractivity contribution in [2.24, 2.45) is 0 Å². The molecule has 1 aromatic carbocycles. The van der Waals surface area contributed by atoms with Crippen LogP contribution < -0.4 is 4.74 Å². The van der Waals surface area contributed by atoms with Gasteiger partial charge in [-0.3, -0.25) is 9.36 Å². The molecule has 1 aromatic rings. The molecule has 0 bridgehead atoms. The second-order valence-electron chi connectivity index (χ2n) is 5.16.